The van der Waals surface area contributed by atoms with Gasteiger partial charge in [0.25, 0.3) is 11.8 Å². The van der Waals surface area contributed by atoms with Crippen molar-refractivity contribution in [1.29, 1.82) is 0 Å². The molecule has 2 aliphatic rings. The molecule has 0 spiro atoms. The third kappa shape index (κ3) is 5.77. The first kappa shape index (κ1) is 29.0. The van der Waals surface area contributed by atoms with Gasteiger partial charge in [-0.3, -0.25) is 34.0 Å². The van der Waals surface area contributed by atoms with Gasteiger partial charge in [-0.15, -0.1) is 0 Å². The number of alkyl halides is 2. The van der Waals surface area contributed by atoms with Crippen LogP contribution in [-0.2, 0) is 14.4 Å². The summed E-state index contributed by atoms with van der Waals surface area (Å²) in [6, 6.07) is 6.01. The number of anilines is 2. The molecule has 42 heavy (non-hydrogen) atoms. The van der Waals surface area contributed by atoms with Gasteiger partial charge in [-0.05, 0) is 24.6 Å². The number of hydrogen-bond acceptors (Lipinski definition) is 6. The Bertz CT molecular complexity index is 1570. The van der Waals surface area contributed by atoms with Crippen molar-refractivity contribution in [3.05, 3.63) is 83.0 Å². The van der Waals surface area contributed by atoms with Gasteiger partial charge in [0.05, 0.1) is 18.1 Å². The monoisotopic (exact) mass is 600 g/mol. The molecule has 3 heterocycles. The Kier molecular flexibility index (Phi) is 7.87. The van der Waals surface area contributed by atoms with Crippen molar-refractivity contribution in [1.82, 2.24) is 15.3 Å². The molecule has 0 bridgehead atoms. The van der Waals surface area contributed by atoms with Gasteiger partial charge in [0.2, 0.25) is 17.7 Å². The summed E-state index contributed by atoms with van der Waals surface area (Å²) in [5.74, 6) is -6.72. The molecule has 2 atom stereocenters. The van der Waals surface area contributed by atoms with E-state index in [2.05, 4.69) is 15.3 Å². The summed E-state index contributed by atoms with van der Waals surface area (Å²) in [6.45, 7) is 0. The molecule has 2 aromatic heterocycles. The Morgan fingerprint density at radius 2 is 1.88 bits per heavy atom. The van der Waals surface area contributed by atoms with E-state index in [9.17, 15) is 32.3 Å². The fraction of sp³-hybridized carbons (Fsp3) is 0.286. The summed E-state index contributed by atoms with van der Waals surface area (Å²) in [5.41, 5.74) is 5.41. The van der Waals surface area contributed by atoms with Crippen LogP contribution < -0.4 is 20.9 Å². The highest BCUT2D eigenvalue weighted by Gasteiger charge is 2.48. The quantitative estimate of drug-likeness (QED) is 0.405. The molecule has 1 unspecified atom stereocenters. The predicted molar refractivity (Wildman–Crippen MR) is 145 cm³/mol. The Morgan fingerprint density at radius 3 is 2.55 bits per heavy atom. The number of hydrogen-bond donors (Lipinski definition) is 2. The molecule has 1 aliphatic heterocycles. The van der Waals surface area contributed by atoms with Crippen molar-refractivity contribution in [2.45, 2.75) is 49.7 Å². The van der Waals surface area contributed by atoms with Gasteiger partial charge in [0.1, 0.15) is 23.7 Å². The fourth-order valence-corrected chi connectivity index (χ4v) is 5.38. The number of pyridine rings is 2. The van der Waals surface area contributed by atoms with E-state index in [0.717, 1.165) is 28.3 Å². The molecule has 10 nitrogen and oxygen atoms in total. The number of aromatic nitrogens is 2. The summed E-state index contributed by atoms with van der Waals surface area (Å²) in [7, 11) is 0. The van der Waals surface area contributed by atoms with E-state index in [-0.39, 0.29) is 40.5 Å². The highest BCUT2D eigenvalue weighted by atomic mass is 35.5. The van der Waals surface area contributed by atoms with Crippen LogP contribution in [0.3, 0.4) is 0 Å². The molecule has 1 saturated heterocycles. The lowest BCUT2D eigenvalue weighted by Crippen LogP contribution is -2.56. The van der Waals surface area contributed by atoms with Gasteiger partial charge in [0.15, 0.2) is 0 Å². The highest BCUT2D eigenvalue weighted by molar-refractivity contribution is 6.31. The molecule has 4 amide bonds. The zero-order valence-corrected chi connectivity index (χ0v) is 22.6. The van der Waals surface area contributed by atoms with Crippen molar-refractivity contribution in [2.75, 3.05) is 9.80 Å². The van der Waals surface area contributed by atoms with Crippen molar-refractivity contribution < 1.29 is 32.3 Å². The second kappa shape index (κ2) is 11.4. The fourth-order valence-electron chi connectivity index (χ4n) is 5.14. The van der Waals surface area contributed by atoms with Crippen molar-refractivity contribution in [2.24, 2.45) is 5.73 Å². The predicted octanol–water partition coefficient (Wildman–Crippen LogP) is 3.55. The Balaban J connectivity index is 1.60. The van der Waals surface area contributed by atoms with Crippen molar-refractivity contribution >= 4 is 46.7 Å². The van der Waals surface area contributed by atoms with Crippen molar-refractivity contribution in [3.63, 3.8) is 0 Å². The Labute approximate surface area is 242 Å². The minimum atomic E-state index is -2.93. The SMILES string of the molecule is NC(=O)c1ccnc(N2C(=O)CC[C@H]2C(=O)N(c2cncc(F)c2)C(C(=O)NC2CC(F)(F)C2)c2ccccc2Cl)c1. The molecule has 2 fully saturated rings. The minimum Gasteiger partial charge on any atom is -0.366 e. The number of amides is 4. The normalized spacial score (nSPS) is 18.7. The average Bonchev–Trinajstić information content (AvgIpc) is 3.32. The third-order valence-corrected chi connectivity index (χ3v) is 7.47. The van der Waals surface area contributed by atoms with E-state index in [1.54, 1.807) is 12.1 Å². The topological polar surface area (TPSA) is 139 Å². The van der Waals surface area contributed by atoms with Gasteiger partial charge in [-0.2, -0.15) is 0 Å². The zero-order chi connectivity index (χ0) is 30.2. The number of nitrogens with zero attached hydrogens (tertiary/aromatic N) is 4. The second-order valence-electron chi connectivity index (χ2n) is 10.0. The maximum atomic E-state index is 14.5. The van der Waals surface area contributed by atoms with Gasteiger partial charge < -0.3 is 11.1 Å². The zero-order valence-electron chi connectivity index (χ0n) is 21.8. The van der Waals surface area contributed by atoms with E-state index in [1.807, 2.05) is 0 Å². The maximum absolute atomic E-state index is 14.5. The largest absolute Gasteiger partial charge is 0.366 e. The first-order chi connectivity index (χ1) is 19.9. The van der Waals surface area contributed by atoms with Crippen LogP contribution in [-0.4, -0.2) is 51.6 Å². The standard InChI is InChI=1S/C28H24ClF3N6O4/c29-20-4-2-1-3-19(20)24(26(41)36-17-11-28(31,32)12-17)37(18-10-16(30)13-34-14-18)27(42)21-5-6-23(39)38(21)22-9-15(25(33)40)7-8-35-22/h1-4,7-10,13-14,17,21,24H,5-6,11-12H2,(H2,33,40)(H,36,41)/t21-,24?/m0/s1. The van der Waals surface area contributed by atoms with Crippen LogP contribution in [0.25, 0.3) is 0 Å². The second-order valence-corrected chi connectivity index (χ2v) is 10.5. The van der Waals surface area contributed by atoms with Gasteiger partial charge in [0, 0.05) is 53.7 Å². The maximum Gasteiger partial charge on any atom is 0.252 e. The molecule has 5 rings (SSSR count). The van der Waals surface area contributed by atoms with Gasteiger partial charge in [-0.25, -0.2) is 18.2 Å². The third-order valence-electron chi connectivity index (χ3n) is 7.12. The lowest BCUT2D eigenvalue weighted by molar-refractivity contribution is -0.133. The van der Waals surface area contributed by atoms with Crippen molar-refractivity contribution in [3.8, 4) is 0 Å². The minimum absolute atomic E-state index is 0.00883. The van der Waals surface area contributed by atoms with Crippen LogP contribution in [0, 0.1) is 5.82 Å². The summed E-state index contributed by atoms with van der Waals surface area (Å²) < 4.78 is 41.6. The molecular weight excluding hydrogens is 577 g/mol. The van der Waals surface area contributed by atoms with E-state index < -0.39 is 66.3 Å². The van der Waals surface area contributed by atoms with Crippen LogP contribution in [0.15, 0.2) is 61.1 Å². The van der Waals surface area contributed by atoms with E-state index in [0.29, 0.717) is 0 Å². The Hall–Kier alpha value is -4.52. The number of benzene rings is 1. The van der Waals surface area contributed by atoms with Crippen LogP contribution >= 0.6 is 11.6 Å². The number of nitrogens with two attached hydrogens (primary N) is 1. The summed E-state index contributed by atoms with van der Waals surface area (Å²) in [5, 5.41) is 2.63. The molecule has 3 aromatic rings. The molecule has 1 saturated carbocycles. The van der Waals surface area contributed by atoms with Gasteiger partial charge in [-0.1, -0.05) is 29.8 Å². The number of rotatable bonds is 8. The number of primary amides is 1. The molecule has 218 valence electrons. The molecule has 14 heteroatoms. The number of carbonyl (C=O) groups excluding carboxylic acids is 4. The first-order valence-electron chi connectivity index (χ1n) is 12.9. The van der Waals surface area contributed by atoms with Crippen LogP contribution in [0.4, 0.5) is 24.7 Å². The average molecular weight is 601 g/mol. The molecule has 0 radical (unpaired) electrons. The number of carbonyl (C=O) groups is 4. The molecule has 3 N–H and O–H groups in total. The van der Waals surface area contributed by atoms with E-state index in [1.165, 1.54) is 30.5 Å². The van der Waals surface area contributed by atoms with Crippen LogP contribution in [0.2, 0.25) is 5.02 Å². The Morgan fingerprint density at radius 1 is 1.14 bits per heavy atom. The molecule has 1 aromatic carbocycles. The van der Waals surface area contributed by atoms with E-state index in [4.69, 9.17) is 17.3 Å². The van der Waals surface area contributed by atoms with Crippen LogP contribution in [0.5, 0.6) is 0 Å². The smallest absolute Gasteiger partial charge is 0.252 e. The van der Waals surface area contributed by atoms with Crippen LogP contribution in [0.1, 0.15) is 47.6 Å². The lowest BCUT2D eigenvalue weighted by atomic mass is 9.87. The number of nitrogens with one attached hydrogen (secondary N) is 1. The summed E-state index contributed by atoms with van der Waals surface area (Å²) in [6.07, 6.45) is 2.05. The van der Waals surface area contributed by atoms with Gasteiger partial charge >= 0.3 is 0 Å². The van der Waals surface area contributed by atoms with E-state index >= 15 is 0 Å². The summed E-state index contributed by atoms with van der Waals surface area (Å²) in [4.78, 5) is 63.0. The lowest BCUT2D eigenvalue weighted by Gasteiger charge is -2.39. The molecular formula is C28H24ClF3N6O4. The molecule has 1 aliphatic carbocycles. The first-order valence-corrected chi connectivity index (χ1v) is 13.3. The summed E-state index contributed by atoms with van der Waals surface area (Å²) >= 11 is 6.47. The highest BCUT2D eigenvalue weighted by Crippen LogP contribution is 2.39. The number of halogens is 4.